The lowest BCUT2D eigenvalue weighted by molar-refractivity contribution is 0.340. The monoisotopic (exact) mass is 432 g/mol. The first-order valence-corrected chi connectivity index (χ1v) is 9.54. The molecule has 5 heteroatoms. The number of hydrogen-bond acceptors (Lipinski definition) is 3. The molecule has 0 amide bonds. The van der Waals surface area contributed by atoms with Gasteiger partial charge < -0.3 is 9.30 Å². The standard InChI is InChI=1S/C21H24N2OS.BrH/c1-5-23-20(17-8-7-15(3)16(4)13-17)14-25-21(23)22-18-9-11-19(12-10-18)24-6-2;/h7-14H,5-6H2,1-4H3;1H. The fraction of sp³-hybridized carbons (Fsp3) is 0.286. The van der Waals surface area contributed by atoms with Crippen molar-refractivity contribution in [3.05, 3.63) is 63.8 Å². The SMILES string of the molecule is Br.CCOc1ccc(N=c2scc(-c3ccc(C)c(C)c3)n2CC)cc1. The molecule has 2 aromatic carbocycles. The van der Waals surface area contributed by atoms with E-state index in [2.05, 4.69) is 48.9 Å². The lowest BCUT2D eigenvalue weighted by Gasteiger charge is -2.08. The second-order valence-corrected chi connectivity index (χ2v) is 6.82. The molecule has 0 N–H and O–H groups in total. The van der Waals surface area contributed by atoms with E-state index in [4.69, 9.17) is 9.73 Å². The number of ether oxygens (including phenoxy) is 1. The van der Waals surface area contributed by atoms with Gasteiger partial charge in [-0.25, -0.2) is 4.99 Å². The van der Waals surface area contributed by atoms with Crippen molar-refractivity contribution < 1.29 is 4.74 Å². The molecule has 0 unspecified atom stereocenters. The Labute approximate surface area is 169 Å². The van der Waals surface area contributed by atoms with Crippen LogP contribution in [0.5, 0.6) is 5.75 Å². The van der Waals surface area contributed by atoms with E-state index in [1.807, 2.05) is 31.2 Å². The lowest BCUT2D eigenvalue weighted by atomic mass is 10.0. The van der Waals surface area contributed by atoms with Crippen molar-refractivity contribution >= 4 is 34.0 Å². The molecule has 3 nitrogen and oxygen atoms in total. The highest BCUT2D eigenvalue weighted by atomic mass is 79.9. The van der Waals surface area contributed by atoms with E-state index in [9.17, 15) is 0 Å². The number of aromatic nitrogens is 1. The minimum Gasteiger partial charge on any atom is -0.494 e. The molecule has 0 radical (unpaired) electrons. The molecule has 0 bridgehead atoms. The summed E-state index contributed by atoms with van der Waals surface area (Å²) in [7, 11) is 0. The number of nitrogens with zero attached hydrogens (tertiary/aromatic N) is 2. The Bertz CT molecular complexity index is 926. The van der Waals surface area contributed by atoms with Crippen LogP contribution in [0.1, 0.15) is 25.0 Å². The van der Waals surface area contributed by atoms with Gasteiger partial charge in [0.15, 0.2) is 4.80 Å². The summed E-state index contributed by atoms with van der Waals surface area (Å²) in [5, 5.41) is 2.20. The van der Waals surface area contributed by atoms with Crippen LogP contribution in [0.3, 0.4) is 0 Å². The molecule has 1 heterocycles. The summed E-state index contributed by atoms with van der Waals surface area (Å²) < 4.78 is 7.76. The number of thiazole rings is 1. The van der Waals surface area contributed by atoms with Gasteiger partial charge in [-0.05, 0) is 74.7 Å². The summed E-state index contributed by atoms with van der Waals surface area (Å²) in [6.45, 7) is 10.0. The van der Waals surface area contributed by atoms with E-state index in [0.29, 0.717) is 6.61 Å². The molecular formula is C21H25BrN2OS. The topological polar surface area (TPSA) is 26.5 Å². The van der Waals surface area contributed by atoms with Crippen LogP contribution in [0, 0.1) is 13.8 Å². The summed E-state index contributed by atoms with van der Waals surface area (Å²) in [6, 6.07) is 14.6. The first-order valence-electron chi connectivity index (χ1n) is 8.66. The van der Waals surface area contributed by atoms with Crippen LogP contribution in [0.15, 0.2) is 52.8 Å². The van der Waals surface area contributed by atoms with Gasteiger partial charge in [-0.2, -0.15) is 0 Å². The third kappa shape index (κ3) is 4.46. The number of hydrogen-bond donors (Lipinski definition) is 0. The fourth-order valence-electron chi connectivity index (χ4n) is 2.75. The molecule has 3 rings (SSSR count). The maximum absolute atomic E-state index is 5.49. The average molecular weight is 433 g/mol. The van der Waals surface area contributed by atoms with Crippen LogP contribution in [-0.4, -0.2) is 11.2 Å². The second-order valence-electron chi connectivity index (χ2n) is 5.99. The Kier molecular flexibility index (Phi) is 7.23. The molecule has 0 aliphatic rings. The molecule has 0 atom stereocenters. The van der Waals surface area contributed by atoms with Crippen molar-refractivity contribution in [2.24, 2.45) is 4.99 Å². The molecule has 3 aromatic rings. The third-order valence-corrected chi connectivity index (χ3v) is 5.15. The summed E-state index contributed by atoms with van der Waals surface area (Å²) in [4.78, 5) is 5.84. The van der Waals surface area contributed by atoms with Crippen LogP contribution < -0.4 is 9.54 Å². The first kappa shape index (κ1) is 20.5. The van der Waals surface area contributed by atoms with Crippen molar-refractivity contribution in [1.82, 2.24) is 4.57 Å². The molecule has 138 valence electrons. The zero-order chi connectivity index (χ0) is 17.8. The van der Waals surface area contributed by atoms with E-state index in [0.717, 1.165) is 22.8 Å². The van der Waals surface area contributed by atoms with E-state index >= 15 is 0 Å². The molecule has 0 aliphatic heterocycles. The number of aryl methyl sites for hydroxylation is 2. The number of rotatable bonds is 5. The smallest absolute Gasteiger partial charge is 0.190 e. The van der Waals surface area contributed by atoms with Gasteiger partial charge in [0.1, 0.15) is 5.75 Å². The molecule has 0 saturated heterocycles. The highest BCUT2D eigenvalue weighted by molar-refractivity contribution is 8.93. The predicted octanol–water partition coefficient (Wildman–Crippen LogP) is 6.06. The van der Waals surface area contributed by atoms with E-state index in [1.54, 1.807) is 11.3 Å². The van der Waals surface area contributed by atoms with E-state index < -0.39 is 0 Å². The lowest BCUT2D eigenvalue weighted by Crippen LogP contribution is -2.14. The molecule has 0 spiro atoms. The van der Waals surface area contributed by atoms with Gasteiger partial charge in [-0.1, -0.05) is 12.1 Å². The highest BCUT2D eigenvalue weighted by Crippen LogP contribution is 2.24. The normalized spacial score (nSPS) is 11.3. The van der Waals surface area contributed by atoms with Crippen LogP contribution in [0.4, 0.5) is 5.69 Å². The molecule has 1 aromatic heterocycles. The van der Waals surface area contributed by atoms with E-state index in [-0.39, 0.29) is 17.0 Å². The van der Waals surface area contributed by atoms with Gasteiger partial charge in [-0.15, -0.1) is 28.3 Å². The zero-order valence-corrected chi connectivity index (χ0v) is 18.2. The second kappa shape index (κ2) is 9.19. The van der Waals surface area contributed by atoms with E-state index in [1.165, 1.54) is 22.4 Å². The Morgan fingerprint density at radius 3 is 2.35 bits per heavy atom. The minimum atomic E-state index is 0. The summed E-state index contributed by atoms with van der Waals surface area (Å²) in [6.07, 6.45) is 0. The Morgan fingerprint density at radius 2 is 1.73 bits per heavy atom. The maximum atomic E-state index is 5.49. The Morgan fingerprint density at radius 1 is 1.00 bits per heavy atom. The number of halogens is 1. The van der Waals surface area contributed by atoms with Crippen molar-refractivity contribution in [3.63, 3.8) is 0 Å². The molecule has 0 fully saturated rings. The molecular weight excluding hydrogens is 408 g/mol. The molecule has 26 heavy (non-hydrogen) atoms. The van der Waals surface area contributed by atoms with Crippen molar-refractivity contribution in [2.75, 3.05) is 6.61 Å². The quantitative estimate of drug-likeness (QED) is 0.480. The minimum absolute atomic E-state index is 0. The fourth-order valence-corrected chi connectivity index (χ4v) is 3.74. The summed E-state index contributed by atoms with van der Waals surface area (Å²) in [5.41, 5.74) is 6.05. The van der Waals surface area contributed by atoms with Crippen LogP contribution in [-0.2, 0) is 6.54 Å². The van der Waals surface area contributed by atoms with Gasteiger partial charge in [-0.3, -0.25) is 0 Å². The third-order valence-electron chi connectivity index (χ3n) is 4.29. The van der Waals surface area contributed by atoms with Crippen LogP contribution in [0.25, 0.3) is 11.3 Å². The van der Waals surface area contributed by atoms with Gasteiger partial charge >= 0.3 is 0 Å². The van der Waals surface area contributed by atoms with Gasteiger partial charge in [0.25, 0.3) is 0 Å². The van der Waals surface area contributed by atoms with Gasteiger partial charge in [0, 0.05) is 11.9 Å². The molecule has 0 saturated carbocycles. The van der Waals surface area contributed by atoms with Crippen LogP contribution in [0.2, 0.25) is 0 Å². The number of benzene rings is 2. The van der Waals surface area contributed by atoms with Crippen molar-refractivity contribution in [2.45, 2.75) is 34.2 Å². The van der Waals surface area contributed by atoms with Crippen molar-refractivity contribution in [1.29, 1.82) is 0 Å². The summed E-state index contributed by atoms with van der Waals surface area (Å²) >= 11 is 1.68. The summed E-state index contributed by atoms with van der Waals surface area (Å²) in [5.74, 6) is 0.881. The first-order chi connectivity index (χ1) is 12.1. The zero-order valence-electron chi connectivity index (χ0n) is 15.7. The average Bonchev–Trinajstić information content (AvgIpc) is 3.02. The Balaban J connectivity index is 0.00000243. The Hall–Kier alpha value is -1.85. The van der Waals surface area contributed by atoms with Crippen molar-refractivity contribution in [3.8, 4) is 17.0 Å². The van der Waals surface area contributed by atoms with Gasteiger partial charge in [0.05, 0.1) is 18.0 Å². The highest BCUT2D eigenvalue weighted by Gasteiger charge is 2.08. The molecule has 0 aliphatic carbocycles. The van der Waals surface area contributed by atoms with Gasteiger partial charge in [0.2, 0.25) is 0 Å². The largest absolute Gasteiger partial charge is 0.494 e. The maximum Gasteiger partial charge on any atom is 0.190 e. The predicted molar refractivity (Wildman–Crippen MR) is 116 cm³/mol. The van der Waals surface area contributed by atoms with Crippen LogP contribution >= 0.6 is 28.3 Å².